The van der Waals surface area contributed by atoms with Gasteiger partial charge in [0.1, 0.15) is 0 Å². The Kier molecular flexibility index (Phi) is 3.95. The second-order valence-corrected chi connectivity index (χ2v) is 7.56. The first-order valence-electron chi connectivity index (χ1n) is 6.04. The number of aromatic nitrogens is 4. The number of aryl methyl sites for hydroxylation is 1. The van der Waals surface area contributed by atoms with Crippen molar-refractivity contribution in [2.24, 2.45) is 0 Å². The SMILES string of the molecule is Cc1ccn2nc(S(=O)(=O)Nc3c(Cl)cccc3I)nc2n1. The van der Waals surface area contributed by atoms with Gasteiger partial charge < -0.3 is 0 Å². The van der Waals surface area contributed by atoms with Crippen molar-refractivity contribution < 1.29 is 8.42 Å². The second-order valence-electron chi connectivity index (χ2n) is 4.41. The molecule has 0 bridgehead atoms. The largest absolute Gasteiger partial charge is 0.299 e. The molecule has 0 aliphatic carbocycles. The lowest BCUT2D eigenvalue weighted by Gasteiger charge is -2.08. The minimum absolute atomic E-state index is 0.217. The minimum Gasteiger partial charge on any atom is -0.274 e. The fourth-order valence-electron chi connectivity index (χ4n) is 1.73. The summed E-state index contributed by atoms with van der Waals surface area (Å²) < 4.78 is 29.2. The molecule has 2 heterocycles. The maximum atomic E-state index is 12.4. The van der Waals surface area contributed by atoms with Crippen molar-refractivity contribution in [3.63, 3.8) is 0 Å². The molecule has 0 radical (unpaired) electrons. The third-order valence-electron chi connectivity index (χ3n) is 2.77. The van der Waals surface area contributed by atoms with Gasteiger partial charge in [-0.25, -0.2) is 9.50 Å². The molecule has 0 atom stereocenters. The molecule has 0 saturated carbocycles. The third kappa shape index (κ3) is 2.88. The minimum atomic E-state index is -3.96. The van der Waals surface area contributed by atoms with Crippen LogP contribution >= 0.6 is 34.2 Å². The van der Waals surface area contributed by atoms with Crippen molar-refractivity contribution in [2.75, 3.05) is 4.72 Å². The number of anilines is 1. The van der Waals surface area contributed by atoms with E-state index < -0.39 is 10.0 Å². The van der Waals surface area contributed by atoms with Gasteiger partial charge in [0.15, 0.2) is 0 Å². The van der Waals surface area contributed by atoms with Crippen LogP contribution in [0.15, 0.2) is 35.6 Å². The van der Waals surface area contributed by atoms with Crippen LogP contribution in [0.25, 0.3) is 5.78 Å². The Morgan fingerprint density at radius 1 is 1.27 bits per heavy atom. The number of hydrogen-bond acceptors (Lipinski definition) is 5. The lowest BCUT2D eigenvalue weighted by Crippen LogP contribution is -2.16. The molecule has 2 aromatic heterocycles. The predicted octanol–water partition coefficient (Wildman–Crippen LogP) is 2.49. The van der Waals surface area contributed by atoms with Crippen LogP contribution in [0.2, 0.25) is 5.02 Å². The van der Waals surface area contributed by atoms with Crippen molar-refractivity contribution in [3.8, 4) is 0 Å². The van der Waals surface area contributed by atoms with Crippen LogP contribution < -0.4 is 4.72 Å². The fourth-order valence-corrected chi connectivity index (χ4v) is 3.97. The Balaban J connectivity index is 2.05. The van der Waals surface area contributed by atoms with Crippen LogP contribution in [0.3, 0.4) is 0 Å². The van der Waals surface area contributed by atoms with Gasteiger partial charge in [-0.3, -0.25) is 4.72 Å². The quantitative estimate of drug-likeness (QED) is 0.621. The maximum absolute atomic E-state index is 12.4. The van der Waals surface area contributed by atoms with E-state index in [1.165, 1.54) is 4.52 Å². The molecule has 22 heavy (non-hydrogen) atoms. The number of para-hydroxylation sites is 1. The Hall–Kier alpha value is -1.46. The first-order valence-corrected chi connectivity index (χ1v) is 8.98. The highest BCUT2D eigenvalue weighted by Gasteiger charge is 2.23. The van der Waals surface area contributed by atoms with E-state index in [0.29, 0.717) is 14.3 Å². The summed E-state index contributed by atoms with van der Waals surface area (Å²) in [4.78, 5) is 8.07. The lowest BCUT2D eigenvalue weighted by molar-refractivity contribution is 0.592. The van der Waals surface area contributed by atoms with Gasteiger partial charge in [0, 0.05) is 15.5 Å². The standard InChI is InChI=1S/C12H9ClIN5O2S/c1-7-5-6-19-11(15-7)16-12(17-19)22(20,21)18-10-8(13)3-2-4-9(10)14/h2-6,18H,1H3. The molecule has 0 fully saturated rings. The van der Waals surface area contributed by atoms with E-state index in [-0.39, 0.29) is 10.9 Å². The number of benzene rings is 1. The van der Waals surface area contributed by atoms with Gasteiger partial charge in [0.05, 0.1) is 10.7 Å². The Morgan fingerprint density at radius 3 is 2.77 bits per heavy atom. The molecule has 0 aliphatic rings. The topological polar surface area (TPSA) is 89.3 Å². The maximum Gasteiger partial charge on any atom is 0.299 e. The van der Waals surface area contributed by atoms with Crippen LogP contribution in [0.5, 0.6) is 0 Å². The molecule has 0 spiro atoms. The Bertz CT molecular complexity index is 953. The number of sulfonamides is 1. The zero-order valence-corrected chi connectivity index (χ0v) is 14.9. The molecule has 0 unspecified atom stereocenters. The average Bonchev–Trinajstić information content (AvgIpc) is 2.87. The first-order chi connectivity index (χ1) is 10.4. The molecule has 7 nitrogen and oxygen atoms in total. The van der Waals surface area contributed by atoms with Gasteiger partial charge in [-0.2, -0.15) is 13.4 Å². The number of halogens is 2. The summed E-state index contributed by atoms with van der Waals surface area (Å²) in [6.45, 7) is 1.78. The van der Waals surface area contributed by atoms with Gasteiger partial charge in [0.2, 0.25) is 0 Å². The lowest BCUT2D eigenvalue weighted by atomic mass is 10.3. The van der Waals surface area contributed by atoms with Crippen molar-refractivity contribution >= 4 is 55.7 Å². The van der Waals surface area contributed by atoms with Crippen molar-refractivity contribution in [3.05, 3.63) is 44.7 Å². The predicted molar refractivity (Wildman–Crippen MR) is 90.5 cm³/mol. The zero-order valence-electron chi connectivity index (χ0n) is 11.2. The first kappa shape index (κ1) is 15.4. The van der Waals surface area contributed by atoms with Crippen LogP contribution in [-0.4, -0.2) is 28.0 Å². The molecule has 1 aromatic carbocycles. The summed E-state index contributed by atoms with van der Waals surface area (Å²) in [7, 11) is -3.96. The molecule has 3 rings (SSSR count). The second kappa shape index (κ2) is 5.63. The van der Waals surface area contributed by atoms with Gasteiger partial charge in [-0.1, -0.05) is 17.7 Å². The highest BCUT2D eigenvalue weighted by atomic mass is 127. The van der Waals surface area contributed by atoms with Crippen molar-refractivity contribution in [1.29, 1.82) is 0 Å². The monoisotopic (exact) mass is 449 g/mol. The summed E-state index contributed by atoms with van der Waals surface area (Å²) in [6, 6.07) is 6.79. The Morgan fingerprint density at radius 2 is 2.05 bits per heavy atom. The molecule has 10 heteroatoms. The van der Waals surface area contributed by atoms with E-state index in [2.05, 4.69) is 19.8 Å². The third-order valence-corrected chi connectivity index (χ3v) is 5.11. The van der Waals surface area contributed by atoms with Crippen LogP contribution in [0.1, 0.15) is 5.69 Å². The molecule has 0 amide bonds. The van der Waals surface area contributed by atoms with E-state index in [1.54, 1.807) is 37.4 Å². The number of hydrogen-bond donors (Lipinski definition) is 1. The molecule has 0 aliphatic heterocycles. The van der Waals surface area contributed by atoms with Crippen LogP contribution in [0.4, 0.5) is 5.69 Å². The molecular formula is C12H9ClIN5O2S. The highest BCUT2D eigenvalue weighted by Crippen LogP contribution is 2.28. The van der Waals surface area contributed by atoms with E-state index >= 15 is 0 Å². The van der Waals surface area contributed by atoms with Crippen molar-refractivity contribution in [2.45, 2.75) is 12.1 Å². The summed E-state index contributed by atoms with van der Waals surface area (Å²) >= 11 is 8.03. The molecule has 3 aromatic rings. The molecule has 1 N–H and O–H groups in total. The summed E-state index contributed by atoms with van der Waals surface area (Å²) in [5.41, 5.74) is 1.02. The number of nitrogens with one attached hydrogen (secondary N) is 1. The van der Waals surface area contributed by atoms with E-state index in [0.717, 1.165) is 5.69 Å². The fraction of sp³-hybridized carbons (Fsp3) is 0.0833. The van der Waals surface area contributed by atoms with E-state index in [9.17, 15) is 8.42 Å². The highest BCUT2D eigenvalue weighted by molar-refractivity contribution is 14.1. The van der Waals surface area contributed by atoms with Gasteiger partial charge >= 0.3 is 0 Å². The number of nitrogens with zero attached hydrogens (tertiary/aromatic N) is 4. The molecule has 114 valence electrons. The van der Waals surface area contributed by atoms with Gasteiger partial charge in [0.25, 0.3) is 21.0 Å². The van der Waals surface area contributed by atoms with E-state index in [1.807, 2.05) is 22.6 Å². The number of fused-ring (bicyclic) bond motifs is 1. The summed E-state index contributed by atoms with van der Waals surface area (Å²) in [5.74, 6) is 0.217. The summed E-state index contributed by atoms with van der Waals surface area (Å²) in [6.07, 6.45) is 1.60. The van der Waals surface area contributed by atoms with Crippen LogP contribution in [-0.2, 0) is 10.0 Å². The average molecular weight is 450 g/mol. The molecular weight excluding hydrogens is 441 g/mol. The van der Waals surface area contributed by atoms with Crippen LogP contribution in [0, 0.1) is 10.5 Å². The summed E-state index contributed by atoms with van der Waals surface area (Å²) in [5, 5.41) is 3.87. The van der Waals surface area contributed by atoms with Gasteiger partial charge in [-0.05, 0) is 47.7 Å². The smallest absolute Gasteiger partial charge is 0.274 e. The van der Waals surface area contributed by atoms with E-state index in [4.69, 9.17) is 11.6 Å². The zero-order chi connectivity index (χ0) is 15.9. The van der Waals surface area contributed by atoms with Gasteiger partial charge in [-0.15, -0.1) is 5.10 Å². The van der Waals surface area contributed by atoms with Crippen molar-refractivity contribution in [1.82, 2.24) is 19.6 Å². The Labute approximate surface area is 144 Å². The number of rotatable bonds is 3. The normalized spacial score (nSPS) is 11.8. The molecule has 0 saturated heterocycles.